The van der Waals surface area contributed by atoms with E-state index in [4.69, 9.17) is 23.4 Å². The van der Waals surface area contributed by atoms with Crippen LogP contribution in [0.5, 0.6) is 28.7 Å². The van der Waals surface area contributed by atoms with Gasteiger partial charge in [0.25, 0.3) is 0 Å². The van der Waals surface area contributed by atoms with Gasteiger partial charge in [-0.05, 0) is 25.1 Å². The number of hydrogen-bond acceptors (Lipinski definition) is 16. The Hall–Kier alpha value is -3.71. The van der Waals surface area contributed by atoms with Crippen molar-refractivity contribution < 1.29 is 74.4 Å². The lowest BCUT2D eigenvalue weighted by Gasteiger charge is -2.42. The van der Waals surface area contributed by atoms with Gasteiger partial charge in [0.15, 0.2) is 23.5 Å². The first-order chi connectivity index (χ1) is 20.3. The highest BCUT2D eigenvalue weighted by atomic mass is 16.7. The summed E-state index contributed by atoms with van der Waals surface area (Å²) >= 11 is 0. The largest absolute Gasteiger partial charge is 0.508 e. The van der Waals surface area contributed by atoms with Gasteiger partial charge in [0.05, 0.1) is 12.7 Å². The molecule has 3 aromatic rings. The zero-order valence-corrected chi connectivity index (χ0v) is 22.3. The van der Waals surface area contributed by atoms with Crippen LogP contribution in [0.1, 0.15) is 6.92 Å². The minimum Gasteiger partial charge on any atom is -0.508 e. The predicted molar refractivity (Wildman–Crippen MR) is 140 cm³/mol. The first-order valence-electron chi connectivity index (χ1n) is 13.0. The summed E-state index contributed by atoms with van der Waals surface area (Å²) in [6.45, 7) is 0.818. The van der Waals surface area contributed by atoms with Crippen LogP contribution in [0.25, 0.3) is 22.3 Å². The number of phenols is 4. The van der Waals surface area contributed by atoms with E-state index >= 15 is 0 Å². The van der Waals surface area contributed by atoms with Crippen LogP contribution < -0.4 is 10.2 Å². The van der Waals surface area contributed by atoms with Crippen molar-refractivity contribution in [1.29, 1.82) is 0 Å². The van der Waals surface area contributed by atoms with Gasteiger partial charge in [-0.3, -0.25) is 4.79 Å². The van der Waals surface area contributed by atoms with E-state index in [1.54, 1.807) is 0 Å². The summed E-state index contributed by atoms with van der Waals surface area (Å²) < 4.78 is 27.8. The fourth-order valence-corrected chi connectivity index (χ4v) is 4.84. The molecule has 2 aliphatic rings. The number of fused-ring (bicyclic) bond motifs is 1. The molecule has 1 aromatic heterocycles. The average Bonchev–Trinajstić information content (AvgIpc) is 2.96. The summed E-state index contributed by atoms with van der Waals surface area (Å²) in [5.74, 6) is -3.33. The molecule has 0 bridgehead atoms. The molecule has 2 aliphatic heterocycles. The molecule has 2 unspecified atom stereocenters. The SMILES string of the molecule is C[C@@H]1OC(OC[C@H]2OC(Oc3c(-c4ccc(O)c(O)c4)oc4cc(O)cc(O)c4c3=O)[C@H](O)[C@@H](O)[C@@H]2O)[C@H](O)[C@H](O)[C@H]1O. The highest BCUT2D eigenvalue weighted by Crippen LogP contribution is 2.39. The molecule has 2 fully saturated rings. The van der Waals surface area contributed by atoms with Crippen LogP contribution in [0.2, 0.25) is 0 Å². The van der Waals surface area contributed by atoms with Crippen molar-refractivity contribution in [2.45, 2.75) is 68.3 Å². The summed E-state index contributed by atoms with van der Waals surface area (Å²) in [4.78, 5) is 13.6. The molecule has 234 valence electrons. The number of rotatable bonds is 6. The first-order valence-corrected chi connectivity index (χ1v) is 13.0. The third kappa shape index (κ3) is 5.67. The third-order valence-electron chi connectivity index (χ3n) is 7.29. The third-order valence-corrected chi connectivity index (χ3v) is 7.29. The highest BCUT2D eigenvalue weighted by Gasteiger charge is 2.47. The summed E-state index contributed by atoms with van der Waals surface area (Å²) in [6, 6.07) is 5.24. The van der Waals surface area contributed by atoms with Crippen LogP contribution in [0.3, 0.4) is 0 Å². The number of hydrogen-bond donors (Lipinski definition) is 10. The smallest absolute Gasteiger partial charge is 0.239 e. The Labute approximate surface area is 241 Å². The maximum atomic E-state index is 13.6. The Kier molecular flexibility index (Phi) is 8.41. The molecule has 3 heterocycles. The normalized spacial score (nSPS) is 33.0. The molecule has 5 rings (SSSR count). The molecule has 0 saturated carbocycles. The van der Waals surface area contributed by atoms with Crippen LogP contribution in [0.4, 0.5) is 0 Å². The molecule has 0 radical (unpaired) electrons. The number of ether oxygens (including phenoxy) is 4. The number of aromatic hydroxyl groups is 4. The van der Waals surface area contributed by atoms with Crippen molar-refractivity contribution in [2.24, 2.45) is 0 Å². The Bertz CT molecular complexity index is 1540. The van der Waals surface area contributed by atoms with Crippen LogP contribution in [0, 0.1) is 0 Å². The maximum Gasteiger partial charge on any atom is 0.239 e. The van der Waals surface area contributed by atoms with Crippen molar-refractivity contribution in [1.82, 2.24) is 0 Å². The predicted octanol–water partition coefficient (Wildman–Crippen LogP) is -1.69. The van der Waals surface area contributed by atoms with Crippen LogP contribution in [-0.4, -0.2) is 119 Å². The van der Waals surface area contributed by atoms with E-state index in [0.717, 1.165) is 24.3 Å². The van der Waals surface area contributed by atoms with Crippen molar-refractivity contribution in [2.75, 3.05) is 6.61 Å². The number of phenolic OH excluding ortho intramolecular Hbond substituents is 4. The quantitative estimate of drug-likeness (QED) is 0.140. The van der Waals surface area contributed by atoms with Crippen LogP contribution in [0.15, 0.2) is 39.5 Å². The van der Waals surface area contributed by atoms with E-state index in [1.807, 2.05) is 0 Å². The number of aliphatic hydroxyl groups excluding tert-OH is 6. The summed E-state index contributed by atoms with van der Waals surface area (Å²) in [7, 11) is 0. The molecule has 43 heavy (non-hydrogen) atoms. The van der Waals surface area contributed by atoms with Gasteiger partial charge in [-0.1, -0.05) is 0 Å². The molecule has 0 spiro atoms. The van der Waals surface area contributed by atoms with Gasteiger partial charge in [-0.2, -0.15) is 0 Å². The summed E-state index contributed by atoms with van der Waals surface area (Å²) in [5, 5.41) is 101. The van der Waals surface area contributed by atoms with E-state index in [0.29, 0.717) is 0 Å². The summed E-state index contributed by atoms with van der Waals surface area (Å²) in [5.41, 5.74) is -1.35. The molecule has 2 aromatic carbocycles. The van der Waals surface area contributed by atoms with Crippen molar-refractivity contribution in [3.05, 3.63) is 40.6 Å². The molecule has 16 heteroatoms. The Balaban J connectivity index is 1.48. The fraction of sp³-hybridized carbons (Fsp3) is 0.444. The van der Waals surface area contributed by atoms with E-state index in [1.165, 1.54) is 13.0 Å². The standard InChI is InChI=1S/C27H30O16/c1-8-17(32)20(35)22(37)26(40-8)39-7-15-18(33)21(36)23(38)27(42-15)43-25-19(34)16-13(31)5-10(28)6-14(16)41-24(25)9-2-3-11(29)12(30)4-9/h2-6,8,15,17-18,20-23,26-33,35-38H,7H2,1H3/t8-,15+,17-,18+,20+,21-,22+,23+,26?,27?/m0/s1. The fourth-order valence-electron chi connectivity index (χ4n) is 4.84. The molecule has 0 amide bonds. The van der Waals surface area contributed by atoms with Gasteiger partial charge in [-0.15, -0.1) is 0 Å². The molecule has 10 atom stereocenters. The maximum absolute atomic E-state index is 13.6. The molecule has 2 saturated heterocycles. The highest BCUT2D eigenvalue weighted by molar-refractivity contribution is 5.88. The zero-order chi connectivity index (χ0) is 31.3. The Morgan fingerprint density at radius 3 is 2.12 bits per heavy atom. The summed E-state index contributed by atoms with van der Waals surface area (Å²) in [6.07, 6.45) is -16.2. The van der Waals surface area contributed by atoms with Crippen molar-refractivity contribution in [3.63, 3.8) is 0 Å². The second-order valence-corrected chi connectivity index (χ2v) is 10.3. The van der Waals surface area contributed by atoms with E-state index in [2.05, 4.69) is 0 Å². The van der Waals surface area contributed by atoms with Gasteiger partial charge >= 0.3 is 0 Å². The van der Waals surface area contributed by atoms with Gasteiger partial charge < -0.3 is 74.4 Å². The Morgan fingerprint density at radius 1 is 0.744 bits per heavy atom. The first kappa shape index (κ1) is 30.7. The average molecular weight is 611 g/mol. The minimum atomic E-state index is -1.97. The molecule has 16 nitrogen and oxygen atoms in total. The van der Waals surface area contributed by atoms with E-state index in [9.17, 15) is 55.9 Å². The van der Waals surface area contributed by atoms with E-state index < -0.39 is 113 Å². The van der Waals surface area contributed by atoms with Crippen LogP contribution in [-0.2, 0) is 14.2 Å². The Morgan fingerprint density at radius 2 is 1.42 bits per heavy atom. The number of benzene rings is 2. The second-order valence-electron chi connectivity index (χ2n) is 10.3. The topological polar surface area (TPSA) is 269 Å². The molecule has 0 aliphatic carbocycles. The van der Waals surface area contributed by atoms with Crippen molar-refractivity contribution in [3.8, 4) is 40.1 Å². The van der Waals surface area contributed by atoms with Gasteiger partial charge in [-0.25, -0.2) is 0 Å². The van der Waals surface area contributed by atoms with Crippen LogP contribution >= 0.6 is 0 Å². The second kappa shape index (κ2) is 11.8. The molecule has 10 N–H and O–H groups in total. The van der Waals surface area contributed by atoms with E-state index in [-0.39, 0.29) is 11.1 Å². The monoisotopic (exact) mass is 610 g/mol. The zero-order valence-electron chi connectivity index (χ0n) is 22.3. The number of aliphatic hydroxyl groups is 6. The van der Waals surface area contributed by atoms with Gasteiger partial charge in [0.1, 0.15) is 65.2 Å². The molecular formula is C27H30O16. The molecular weight excluding hydrogens is 580 g/mol. The lowest BCUT2D eigenvalue weighted by molar-refractivity contribution is -0.318. The minimum absolute atomic E-state index is 0.0313. The lowest BCUT2D eigenvalue weighted by atomic mass is 9.98. The van der Waals surface area contributed by atoms with Gasteiger partial charge in [0, 0.05) is 17.7 Å². The lowest BCUT2D eigenvalue weighted by Crippen LogP contribution is -2.61. The van der Waals surface area contributed by atoms with Gasteiger partial charge in [0.2, 0.25) is 17.5 Å². The van der Waals surface area contributed by atoms with Crippen molar-refractivity contribution >= 4 is 11.0 Å².